The zero-order chi connectivity index (χ0) is 12.8. The minimum absolute atomic E-state index is 0.963. The molecule has 0 unspecified atom stereocenters. The van der Waals surface area contributed by atoms with Crippen molar-refractivity contribution in [2.75, 3.05) is 0 Å². The zero-order valence-corrected chi connectivity index (χ0v) is 10.2. The predicted molar refractivity (Wildman–Crippen MR) is 78.0 cm³/mol. The van der Waals surface area contributed by atoms with Gasteiger partial charge < -0.3 is 0 Å². The summed E-state index contributed by atoms with van der Waals surface area (Å²) in [6.07, 6.45) is 7.35. The smallest absolute Gasteiger partial charge is 0.0708 e. The summed E-state index contributed by atoms with van der Waals surface area (Å²) in [4.78, 5) is 4.40. The van der Waals surface area contributed by atoms with Crippen LogP contribution in [0, 0.1) is 0 Å². The second-order valence-corrected chi connectivity index (χ2v) is 3.86. The molecule has 1 aromatic heterocycles. The first-order valence-electron chi connectivity index (χ1n) is 5.82. The van der Waals surface area contributed by atoms with E-state index >= 15 is 0 Å². The molecule has 0 saturated carbocycles. The van der Waals surface area contributed by atoms with Crippen LogP contribution in [0.5, 0.6) is 0 Å². The molecule has 1 aromatic carbocycles. The van der Waals surface area contributed by atoms with E-state index in [1.54, 1.807) is 6.08 Å². The van der Waals surface area contributed by atoms with Crippen molar-refractivity contribution < 1.29 is 0 Å². The fourth-order valence-electron chi connectivity index (χ4n) is 1.79. The number of rotatable bonds is 4. The fraction of sp³-hybridized carbons (Fsp3) is 0. The van der Waals surface area contributed by atoms with Crippen LogP contribution < -0.4 is 0 Å². The van der Waals surface area contributed by atoms with E-state index in [0.29, 0.717) is 0 Å². The highest BCUT2D eigenvalue weighted by Crippen LogP contribution is 2.22. The molecule has 0 saturated heterocycles. The van der Waals surface area contributed by atoms with Crippen molar-refractivity contribution in [3.63, 3.8) is 0 Å². The van der Waals surface area contributed by atoms with Crippen LogP contribution in [0.1, 0.15) is 5.56 Å². The predicted octanol–water partition coefficient (Wildman–Crippen LogP) is 4.50. The van der Waals surface area contributed by atoms with Gasteiger partial charge in [0, 0.05) is 11.8 Å². The van der Waals surface area contributed by atoms with Gasteiger partial charge in [0.15, 0.2) is 0 Å². The Labute approximate surface area is 108 Å². The Hall–Kier alpha value is -2.41. The molecule has 0 aliphatic heterocycles. The van der Waals surface area contributed by atoms with Gasteiger partial charge in [-0.3, -0.25) is 4.98 Å². The highest BCUT2D eigenvalue weighted by molar-refractivity contribution is 5.77. The van der Waals surface area contributed by atoms with E-state index in [-0.39, 0.29) is 0 Å². The van der Waals surface area contributed by atoms with E-state index in [2.05, 4.69) is 36.3 Å². The summed E-state index contributed by atoms with van der Waals surface area (Å²) < 4.78 is 0. The van der Waals surface area contributed by atoms with Gasteiger partial charge in [-0.25, -0.2) is 0 Å². The van der Waals surface area contributed by atoms with E-state index in [1.165, 1.54) is 0 Å². The van der Waals surface area contributed by atoms with Crippen molar-refractivity contribution >= 4 is 5.57 Å². The number of benzene rings is 1. The second kappa shape index (κ2) is 5.78. The van der Waals surface area contributed by atoms with Crippen LogP contribution in [0.4, 0.5) is 0 Å². The molecule has 0 aliphatic carbocycles. The highest BCUT2D eigenvalue weighted by atomic mass is 14.7. The molecule has 18 heavy (non-hydrogen) atoms. The van der Waals surface area contributed by atoms with Gasteiger partial charge in [-0.15, -0.1) is 0 Å². The zero-order valence-electron chi connectivity index (χ0n) is 10.2. The van der Waals surface area contributed by atoms with Crippen LogP contribution in [0.15, 0.2) is 80.0 Å². The Bertz CT molecular complexity index is 580. The van der Waals surface area contributed by atoms with E-state index in [1.807, 2.05) is 42.6 Å². The van der Waals surface area contributed by atoms with Crippen LogP contribution in [-0.4, -0.2) is 4.98 Å². The van der Waals surface area contributed by atoms with Gasteiger partial charge in [0.05, 0.1) is 5.69 Å². The maximum Gasteiger partial charge on any atom is 0.0708 e. The number of allylic oxidation sites excluding steroid dienone is 4. The van der Waals surface area contributed by atoms with E-state index < -0.39 is 0 Å². The quantitative estimate of drug-likeness (QED) is 0.708. The molecule has 0 atom stereocenters. The normalized spacial score (nSPS) is 11.0. The number of hydrogen-bond acceptors (Lipinski definition) is 1. The van der Waals surface area contributed by atoms with E-state index in [9.17, 15) is 0 Å². The Morgan fingerprint density at radius 3 is 2.50 bits per heavy atom. The van der Waals surface area contributed by atoms with Gasteiger partial charge in [0.2, 0.25) is 0 Å². The number of nitrogens with zero attached hydrogens (tertiary/aromatic N) is 1. The van der Waals surface area contributed by atoms with Crippen molar-refractivity contribution in [2.24, 2.45) is 0 Å². The third-order valence-electron chi connectivity index (χ3n) is 2.68. The lowest BCUT2D eigenvalue weighted by molar-refractivity contribution is 1.31. The molecule has 2 aromatic rings. The molecule has 0 amide bonds. The van der Waals surface area contributed by atoms with Crippen LogP contribution in [0.3, 0.4) is 0 Å². The Morgan fingerprint density at radius 2 is 1.83 bits per heavy atom. The van der Waals surface area contributed by atoms with Crippen LogP contribution in [0.2, 0.25) is 0 Å². The number of pyridine rings is 1. The second-order valence-electron chi connectivity index (χ2n) is 3.86. The largest absolute Gasteiger partial charge is 0.256 e. The maximum absolute atomic E-state index is 4.40. The molecule has 0 radical (unpaired) electrons. The van der Waals surface area contributed by atoms with Crippen LogP contribution >= 0.6 is 0 Å². The fourth-order valence-corrected chi connectivity index (χ4v) is 1.79. The third-order valence-corrected chi connectivity index (χ3v) is 2.68. The van der Waals surface area contributed by atoms with Gasteiger partial charge >= 0.3 is 0 Å². The molecule has 0 bridgehead atoms. The lowest BCUT2D eigenvalue weighted by Crippen LogP contribution is -1.87. The summed E-state index contributed by atoms with van der Waals surface area (Å²) in [5.41, 5.74) is 4.22. The lowest BCUT2D eigenvalue weighted by atomic mass is 10.0. The van der Waals surface area contributed by atoms with Gasteiger partial charge in [-0.2, -0.15) is 0 Å². The summed E-state index contributed by atoms with van der Waals surface area (Å²) >= 11 is 0. The maximum atomic E-state index is 4.40. The summed E-state index contributed by atoms with van der Waals surface area (Å²) in [6, 6.07) is 14.2. The molecule has 1 heterocycles. The Morgan fingerprint density at radius 1 is 1.06 bits per heavy atom. The Kier molecular flexibility index (Phi) is 3.87. The average molecular weight is 233 g/mol. The monoisotopic (exact) mass is 233 g/mol. The summed E-state index contributed by atoms with van der Waals surface area (Å²) in [7, 11) is 0. The van der Waals surface area contributed by atoms with Crippen molar-refractivity contribution in [3.8, 4) is 11.3 Å². The molecule has 2 rings (SSSR count). The van der Waals surface area contributed by atoms with E-state index in [0.717, 1.165) is 22.4 Å². The first kappa shape index (κ1) is 12.1. The van der Waals surface area contributed by atoms with Gasteiger partial charge in [-0.05, 0) is 23.3 Å². The first-order valence-corrected chi connectivity index (χ1v) is 5.82. The summed E-state index contributed by atoms with van der Waals surface area (Å²) in [5, 5.41) is 0. The van der Waals surface area contributed by atoms with Crippen molar-refractivity contribution in [2.45, 2.75) is 0 Å². The minimum Gasteiger partial charge on any atom is -0.256 e. The van der Waals surface area contributed by atoms with Crippen LogP contribution in [-0.2, 0) is 0 Å². The summed E-state index contributed by atoms with van der Waals surface area (Å²) in [5.74, 6) is 0. The van der Waals surface area contributed by atoms with Crippen molar-refractivity contribution in [1.82, 2.24) is 4.98 Å². The van der Waals surface area contributed by atoms with E-state index in [4.69, 9.17) is 0 Å². The highest BCUT2D eigenvalue weighted by Gasteiger charge is 2.01. The topological polar surface area (TPSA) is 12.9 Å². The lowest BCUT2D eigenvalue weighted by Gasteiger charge is -2.05. The van der Waals surface area contributed by atoms with Gasteiger partial charge in [0.1, 0.15) is 0 Å². The molecule has 88 valence electrons. The molecular formula is C17H15N. The third kappa shape index (κ3) is 2.64. The first-order chi connectivity index (χ1) is 8.85. The number of aromatic nitrogens is 1. The molecule has 0 aliphatic rings. The van der Waals surface area contributed by atoms with Crippen LogP contribution in [0.25, 0.3) is 16.8 Å². The van der Waals surface area contributed by atoms with Crippen molar-refractivity contribution in [1.29, 1.82) is 0 Å². The van der Waals surface area contributed by atoms with Gasteiger partial charge in [-0.1, -0.05) is 61.7 Å². The molecule has 1 heteroatoms. The molecule has 0 fully saturated rings. The molecule has 1 nitrogen and oxygen atoms in total. The molecule has 0 spiro atoms. The molecule has 0 N–H and O–H groups in total. The summed E-state index contributed by atoms with van der Waals surface area (Å²) in [6.45, 7) is 7.54. The Balaban J connectivity index is 2.45. The molecular weight excluding hydrogens is 218 g/mol. The minimum atomic E-state index is 0.963. The average Bonchev–Trinajstić information content (AvgIpc) is 2.46. The van der Waals surface area contributed by atoms with Crippen molar-refractivity contribution in [3.05, 3.63) is 85.6 Å². The standard InChI is InChI=1S/C17H15N/c1-3-8-14(4-2)16-11-12-18-17(13-16)15-9-6-5-7-10-15/h3-13H,1-2H2/b14-8+. The van der Waals surface area contributed by atoms with Gasteiger partial charge in [0.25, 0.3) is 0 Å². The number of hydrogen-bond donors (Lipinski definition) is 0. The SMILES string of the molecule is C=C/C=C(\C=C)c1ccnc(-c2ccccc2)c1.